The van der Waals surface area contributed by atoms with Gasteiger partial charge in [-0.25, -0.2) is 0 Å². The smallest absolute Gasteiger partial charge is 0.307 e. The minimum atomic E-state index is -0.778. The van der Waals surface area contributed by atoms with Crippen LogP contribution in [0.2, 0.25) is 0 Å². The van der Waals surface area contributed by atoms with Crippen molar-refractivity contribution in [3.8, 4) is 5.75 Å². The van der Waals surface area contributed by atoms with Crippen molar-refractivity contribution in [2.24, 2.45) is 5.92 Å². The molecule has 1 aliphatic rings. The van der Waals surface area contributed by atoms with Crippen LogP contribution in [-0.4, -0.2) is 60.6 Å². The zero-order chi connectivity index (χ0) is 16.1. The van der Waals surface area contributed by atoms with Crippen LogP contribution in [0.5, 0.6) is 5.75 Å². The van der Waals surface area contributed by atoms with Crippen molar-refractivity contribution < 1.29 is 19.4 Å². The van der Waals surface area contributed by atoms with Gasteiger partial charge in [0.1, 0.15) is 5.75 Å². The summed E-state index contributed by atoms with van der Waals surface area (Å²) in [5.74, 6) is -0.368. The SMILES string of the molecule is COc1cccc(CN(C)C(=O)CN2CCC(C(=O)O)C2)c1.Cl. The number of nitrogens with zero attached hydrogens (tertiary/aromatic N) is 2. The Morgan fingerprint density at radius 2 is 2.17 bits per heavy atom. The van der Waals surface area contributed by atoms with E-state index in [-0.39, 0.29) is 30.8 Å². The fourth-order valence-electron chi connectivity index (χ4n) is 2.62. The number of carboxylic acid groups (broad SMARTS) is 1. The van der Waals surface area contributed by atoms with Gasteiger partial charge in [0.15, 0.2) is 0 Å². The van der Waals surface area contributed by atoms with E-state index in [9.17, 15) is 9.59 Å². The third-order valence-corrected chi connectivity index (χ3v) is 3.96. The first-order valence-corrected chi connectivity index (χ1v) is 7.31. The van der Waals surface area contributed by atoms with Gasteiger partial charge in [0.25, 0.3) is 0 Å². The molecule has 0 radical (unpaired) electrons. The zero-order valence-corrected chi connectivity index (χ0v) is 14.2. The van der Waals surface area contributed by atoms with Crippen molar-refractivity contribution in [3.63, 3.8) is 0 Å². The number of likely N-dealkylation sites (N-methyl/N-ethyl adjacent to an activating group) is 1. The Bertz CT molecular complexity index is 553. The summed E-state index contributed by atoms with van der Waals surface area (Å²) in [5, 5.41) is 8.98. The Kier molecular flexibility index (Phi) is 7.32. The van der Waals surface area contributed by atoms with Gasteiger partial charge in [-0.15, -0.1) is 12.4 Å². The molecule has 0 aromatic heterocycles. The van der Waals surface area contributed by atoms with Crippen LogP contribution in [0.3, 0.4) is 0 Å². The molecule has 0 saturated carbocycles. The highest BCUT2D eigenvalue weighted by molar-refractivity contribution is 5.85. The maximum atomic E-state index is 12.2. The first kappa shape index (κ1) is 19.3. The monoisotopic (exact) mass is 342 g/mol. The normalized spacial score (nSPS) is 17.4. The molecule has 7 heteroatoms. The third kappa shape index (κ3) is 5.41. The van der Waals surface area contributed by atoms with E-state index in [0.717, 1.165) is 11.3 Å². The lowest BCUT2D eigenvalue weighted by molar-refractivity contribution is -0.141. The number of rotatable bonds is 6. The summed E-state index contributed by atoms with van der Waals surface area (Å²) in [6.07, 6.45) is 0.613. The largest absolute Gasteiger partial charge is 0.497 e. The number of halogens is 1. The van der Waals surface area contributed by atoms with Gasteiger partial charge in [-0.1, -0.05) is 12.1 Å². The molecule has 0 aliphatic carbocycles. The first-order chi connectivity index (χ1) is 10.5. The second-order valence-electron chi connectivity index (χ2n) is 5.66. The Morgan fingerprint density at radius 1 is 1.43 bits per heavy atom. The molecule has 0 bridgehead atoms. The number of aliphatic carboxylic acids is 1. The lowest BCUT2D eigenvalue weighted by Gasteiger charge is -2.21. The minimum absolute atomic E-state index is 0. The molecule has 1 unspecified atom stereocenters. The quantitative estimate of drug-likeness (QED) is 0.848. The molecular formula is C16H23ClN2O4. The maximum absolute atomic E-state index is 12.2. The van der Waals surface area contributed by atoms with Gasteiger partial charge in [0, 0.05) is 20.1 Å². The van der Waals surface area contributed by atoms with E-state index in [2.05, 4.69) is 0 Å². The number of likely N-dealkylation sites (tertiary alicyclic amines) is 1. The summed E-state index contributed by atoms with van der Waals surface area (Å²) in [5.41, 5.74) is 1.00. The molecule has 1 saturated heterocycles. The van der Waals surface area contributed by atoms with Crippen molar-refractivity contribution >= 4 is 24.3 Å². The van der Waals surface area contributed by atoms with Gasteiger partial charge in [-0.3, -0.25) is 14.5 Å². The lowest BCUT2D eigenvalue weighted by atomic mass is 10.1. The van der Waals surface area contributed by atoms with Crippen molar-refractivity contribution in [1.82, 2.24) is 9.80 Å². The summed E-state index contributed by atoms with van der Waals surface area (Å²) >= 11 is 0. The number of carbonyl (C=O) groups excluding carboxylic acids is 1. The van der Waals surface area contributed by atoms with Crippen LogP contribution in [0.25, 0.3) is 0 Å². The highest BCUT2D eigenvalue weighted by atomic mass is 35.5. The van der Waals surface area contributed by atoms with E-state index >= 15 is 0 Å². The molecule has 1 fully saturated rings. The molecule has 1 N–H and O–H groups in total. The number of carbonyl (C=O) groups is 2. The van der Waals surface area contributed by atoms with Gasteiger partial charge in [-0.2, -0.15) is 0 Å². The maximum Gasteiger partial charge on any atom is 0.307 e. The van der Waals surface area contributed by atoms with Crippen molar-refractivity contribution in [3.05, 3.63) is 29.8 Å². The molecule has 1 atom stereocenters. The number of hydrogen-bond acceptors (Lipinski definition) is 4. The number of benzene rings is 1. The Labute approximate surface area is 142 Å². The molecule has 2 rings (SSSR count). The number of ether oxygens (including phenoxy) is 1. The second kappa shape index (κ2) is 8.74. The Balaban J connectivity index is 0.00000264. The van der Waals surface area contributed by atoms with Gasteiger partial charge >= 0.3 is 5.97 Å². The minimum Gasteiger partial charge on any atom is -0.497 e. The molecular weight excluding hydrogens is 320 g/mol. The molecule has 1 amide bonds. The Morgan fingerprint density at radius 3 is 2.78 bits per heavy atom. The predicted octanol–water partition coefficient (Wildman–Crippen LogP) is 1.48. The van der Waals surface area contributed by atoms with E-state index in [1.807, 2.05) is 29.2 Å². The van der Waals surface area contributed by atoms with Gasteiger partial charge in [0.2, 0.25) is 5.91 Å². The number of methoxy groups -OCH3 is 1. The van der Waals surface area contributed by atoms with E-state index < -0.39 is 5.97 Å². The first-order valence-electron chi connectivity index (χ1n) is 7.31. The van der Waals surface area contributed by atoms with Crippen LogP contribution in [0.1, 0.15) is 12.0 Å². The average Bonchev–Trinajstić information content (AvgIpc) is 2.96. The summed E-state index contributed by atoms with van der Waals surface area (Å²) < 4.78 is 5.17. The van der Waals surface area contributed by atoms with Crippen LogP contribution in [0, 0.1) is 5.92 Å². The summed E-state index contributed by atoms with van der Waals surface area (Å²) in [6, 6.07) is 7.61. The predicted molar refractivity (Wildman–Crippen MR) is 88.9 cm³/mol. The van der Waals surface area contributed by atoms with Crippen molar-refractivity contribution in [2.45, 2.75) is 13.0 Å². The summed E-state index contributed by atoms with van der Waals surface area (Å²) in [4.78, 5) is 26.7. The molecule has 128 valence electrons. The molecule has 1 aliphatic heterocycles. The number of hydrogen-bond donors (Lipinski definition) is 1. The third-order valence-electron chi connectivity index (χ3n) is 3.96. The van der Waals surface area contributed by atoms with Crippen molar-refractivity contribution in [1.29, 1.82) is 0 Å². The van der Waals surface area contributed by atoms with E-state index in [1.54, 1.807) is 19.1 Å². The van der Waals surface area contributed by atoms with Crippen LogP contribution >= 0.6 is 12.4 Å². The highest BCUT2D eigenvalue weighted by Crippen LogP contribution is 2.17. The second-order valence-corrected chi connectivity index (χ2v) is 5.66. The average molecular weight is 343 g/mol. The van der Waals surface area contributed by atoms with Crippen LogP contribution in [-0.2, 0) is 16.1 Å². The number of carboxylic acids is 1. The Hall–Kier alpha value is -1.79. The topological polar surface area (TPSA) is 70.1 Å². The van der Waals surface area contributed by atoms with Gasteiger partial charge < -0.3 is 14.7 Å². The molecule has 1 aromatic carbocycles. The fourth-order valence-corrected chi connectivity index (χ4v) is 2.62. The van der Waals surface area contributed by atoms with Crippen LogP contribution in [0.15, 0.2) is 24.3 Å². The van der Waals surface area contributed by atoms with E-state index in [0.29, 0.717) is 26.1 Å². The standard InChI is InChI=1S/C16H22N2O4.ClH/c1-17(9-12-4-3-5-14(8-12)22-2)15(19)11-18-7-6-13(10-18)16(20)21;/h3-5,8,13H,6-7,9-11H2,1-2H3,(H,20,21);1H. The molecule has 23 heavy (non-hydrogen) atoms. The number of amides is 1. The summed E-state index contributed by atoms with van der Waals surface area (Å²) in [6.45, 7) is 1.89. The van der Waals surface area contributed by atoms with Crippen molar-refractivity contribution in [2.75, 3.05) is 33.8 Å². The van der Waals surface area contributed by atoms with E-state index in [4.69, 9.17) is 9.84 Å². The zero-order valence-electron chi connectivity index (χ0n) is 13.4. The highest BCUT2D eigenvalue weighted by Gasteiger charge is 2.29. The molecule has 1 aromatic rings. The van der Waals surface area contributed by atoms with Crippen LogP contribution < -0.4 is 4.74 Å². The van der Waals surface area contributed by atoms with Crippen LogP contribution in [0.4, 0.5) is 0 Å². The van der Waals surface area contributed by atoms with E-state index in [1.165, 1.54) is 0 Å². The fraction of sp³-hybridized carbons (Fsp3) is 0.500. The molecule has 6 nitrogen and oxygen atoms in total. The lowest BCUT2D eigenvalue weighted by Crippen LogP contribution is -2.37. The van der Waals surface area contributed by atoms with Gasteiger partial charge in [-0.05, 0) is 30.7 Å². The van der Waals surface area contributed by atoms with Gasteiger partial charge in [0.05, 0.1) is 19.6 Å². The molecule has 1 heterocycles. The summed E-state index contributed by atoms with van der Waals surface area (Å²) in [7, 11) is 3.37. The molecule has 0 spiro atoms.